The topological polar surface area (TPSA) is 69.0 Å². The second-order valence-electron chi connectivity index (χ2n) is 13.3. The molecular weight excluding hydrogens is 568 g/mol. The second kappa shape index (κ2) is 10.6. The minimum Gasteiger partial charge on any atom is -0.474 e. The van der Waals surface area contributed by atoms with Crippen molar-refractivity contribution >= 4 is 33.3 Å². The minimum absolute atomic E-state index is 0.240. The molecule has 0 unspecified atom stereocenters. The fraction of sp³-hybridized carbons (Fsp3) is 0.200. The van der Waals surface area contributed by atoms with E-state index in [1.165, 1.54) is 5.56 Å². The van der Waals surface area contributed by atoms with Crippen LogP contribution in [0.25, 0.3) is 54.9 Å². The number of ether oxygens (including phenoxy) is 2. The van der Waals surface area contributed by atoms with Crippen LogP contribution in [0.15, 0.2) is 119 Å². The highest BCUT2D eigenvalue weighted by Crippen LogP contribution is 2.44. The first-order valence-corrected chi connectivity index (χ1v) is 15.7. The summed E-state index contributed by atoms with van der Waals surface area (Å²) in [5.74, 6) is 1.20. The Labute approximate surface area is 268 Å². The quantitative estimate of drug-likeness (QED) is 0.185. The maximum absolute atomic E-state index is 5.89. The van der Waals surface area contributed by atoms with Crippen molar-refractivity contribution in [1.29, 1.82) is 0 Å². The van der Waals surface area contributed by atoms with Crippen LogP contribution in [0, 0.1) is 0 Å². The predicted octanol–water partition coefficient (Wildman–Crippen LogP) is 8.89. The third-order valence-corrected chi connectivity index (χ3v) is 8.61. The number of hydrogen-bond acceptors (Lipinski definition) is 6. The van der Waals surface area contributed by atoms with Crippen molar-refractivity contribution in [2.45, 2.75) is 38.8 Å². The average molecular weight is 603 g/mol. The summed E-state index contributed by atoms with van der Waals surface area (Å²) in [5, 5.41) is 4.59. The fourth-order valence-electron chi connectivity index (χ4n) is 6.38. The van der Waals surface area contributed by atoms with Crippen LogP contribution in [0.3, 0.4) is 0 Å². The minimum atomic E-state index is -0.243. The van der Waals surface area contributed by atoms with Crippen LogP contribution < -0.4 is 0 Å². The van der Waals surface area contributed by atoms with Gasteiger partial charge >= 0.3 is 0 Å². The van der Waals surface area contributed by atoms with Gasteiger partial charge in [-0.1, -0.05) is 78.9 Å². The van der Waals surface area contributed by atoms with E-state index in [9.17, 15) is 0 Å². The van der Waals surface area contributed by atoms with Crippen LogP contribution in [0.5, 0.6) is 0 Å². The summed E-state index contributed by atoms with van der Waals surface area (Å²) in [6.07, 6.45) is 3.89. The van der Waals surface area contributed by atoms with Gasteiger partial charge in [-0.2, -0.15) is 0 Å². The monoisotopic (exact) mass is 602 g/mol. The normalized spacial score (nSPS) is 16.6. The fourth-order valence-corrected chi connectivity index (χ4v) is 6.38. The Balaban J connectivity index is 1.34. The van der Waals surface area contributed by atoms with Crippen molar-refractivity contribution in [2.75, 3.05) is 13.2 Å². The highest BCUT2D eigenvalue weighted by atomic mass is 16.5. The van der Waals surface area contributed by atoms with Gasteiger partial charge in [0.2, 0.25) is 11.8 Å². The molecule has 46 heavy (non-hydrogen) atoms. The lowest BCUT2D eigenvalue weighted by atomic mass is 9.85. The molecule has 0 fully saturated rings. The van der Waals surface area contributed by atoms with Crippen LogP contribution in [0.1, 0.15) is 39.1 Å². The lowest BCUT2D eigenvalue weighted by Crippen LogP contribution is -2.17. The van der Waals surface area contributed by atoms with E-state index < -0.39 is 0 Å². The van der Waals surface area contributed by atoms with Crippen molar-refractivity contribution in [3.8, 4) is 33.4 Å². The highest BCUT2D eigenvalue weighted by molar-refractivity contribution is 6.22. The van der Waals surface area contributed by atoms with Gasteiger partial charge < -0.3 is 9.47 Å². The van der Waals surface area contributed by atoms with E-state index in [2.05, 4.69) is 107 Å². The first kappa shape index (κ1) is 28.1. The zero-order chi connectivity index (χ0) is 31.5. The molecule has 0 bridgehead atoms. The van der Waals surface area contributed by atoms with E-state index in [4.69, 9.17) is 29.4 Å². The van der Waals surface area contributed by atoms with Gasteiger partial charge in [0, 0.05) is 23.5 Å². The molecule has 2 aromatic heterocycles. The van der Waals surface area contributed by atoms with Gasteiger partial charge in [-0.25, -0.2) is 9.98 Å². The number of hydrogen-bond donors (Lipinski definition) is 0. The molecule has 2 aliphatic rings. The second-order valence-corrected chi connectivity index (χ2v) is 13.3. The number of aromatic nitrogens is 2. The molecule has 0 radical (unpaired) electrons. The molecule has 0 amide bonds. The summed E-state index contributed by atoms with van der Waals surface area (Å²) in [4.78, 5) is 19.1. The van der Waals surface area contributed by atoms with Crippen molar-refractivity contribution in [1.82, 2.24) is 9.97 Å². The third-order valence-electron chi connectivity index (χ3n) is 8.61. The summed E-state index contributed by atoms with van der Waals surface area (Å²) < 4.78 is 11.8. The maximum Gasteiger partial charge on any atom is 0.236 e. The van der Waals surface area contributed by atoms with Crippen LogP contribution in [0.2, 0.25) is 0 Å². The van der Waals surface area contributed by atoms with E-state index in [1.54, 1.807) is 0 Å². The van der Waals surface area contributed by atoms with E-state index in [0.717, 1.165) is 60.8 Å². The molecule has 4 heterocycles. The molecule has 8 rings (SSSR count). The Bertz CT molecular complexity index is 2180. The Hall–Kier alpha value is -5.36. The number of rotatable bonds is 5. The Morgan fingerprint density at radius 2 is 0.957 bits per heavy atom. The number of benzene rings is 4. The van der Waals surface area contributed by atoms with E-state index in [1.807, 2.05) is 30.6 Å². The zero-order valence-corrected chi connectivity index (χ0v) is 26.4. The molecule has 0 saturated carbocycles. The molecule has 0 atom stereocenters. The molecule has 6 nitrogen and oxygen atoms in total. The van der Waals surface area contributed by atoms with E-state index >= 15 is 0 Å². The molecule has 2 aliphatic heterocycles. The summed E-state index contributed by atoms with van der Waals surface area (Å²) in [6.45, 7) is 9.38. The SMILES string of the molecule is CC1(C)COC(c2ccc(-c3c4ccccc4c(-c4ccc(C5=NC(C)(C)CO5)nc4)c4cc(-c5ccccc5)ccc34)cn2)=N1. The van der Waals surface area contributed by atoms with Crippen LogP contribution in [-0.2, 0) is 9.47 Å². The molecular formula is C40H34N4O2. The van der Waals surface area contributed by atoms with Gasteiger partial charge in [-0.15, -0.1) is 0 Å². The number of fused-ring (bicyclic) bond motifs is 2. The van der Waals surface area contributed by atoms with Crippen molar-refractivity contribution in [2.24, 2.45) is 9.98 Å². The molecule has 0 aliphatic carbocycles. The smallest absolute Gasteiger partial charge is 0.236 e. The Morgan fingerprint density at radius 3 is 1.43 bits per heavy atom. The number of nitrogens with zero attached hydrogens (tertiary/aromatic N) is 4. The van der Waals surface area contributed by atoms with Gasteiger partial charge in [0.15, 0.2) is 0 Å². The van der Waals surface area contributed by atoms with Crippen LogP contribution >= 0.6 is 0 Å². The van der Waals surface area contributed by atoms with Crippen LogP contribution in [0.4, 0.5) is 0 Å². The summed E-state index contributed by atoms with van der Waals surface area (Å²) >= 11 is 0. The Kier molecular flexibility index (Phi) is 6.50. The van der Waals surface area contributed by atoms with E-state index in [-0.39, 0.29) is 11.1 Å². The summed E-state index contributed by atoms with van der Waals surface area (Å²) in [6, 6.07) is 34.2. The van der Waals surface area contributed by atoms with Crippen LogP contribution in [-0.4, -0.2) is 46.1 Å². The molecule has 0 N–H and O–H groups in total. The van der Waals surface area contributed by atoms with Gasteiger partial charge in [-0.3, -0.25) is 9.97 Å². The maximum atomic E-state index is 5.89. The predicted molar refractivity (Wildman–Crippen MR) is 186 cm³/mol. The van der Waals surface area contributed by atoms with Crippen molar-refractivity contribution in [3.05, 3.63) is 121 Å². The highest BCUT2D eigenvalue weighted by Gasteiger charge is 2.29. The first-order chi connectivity index (χ1) is 22.2. The molecule has 226 valence electrons. The number of aliphatic imine (C=N–C) groups is 2. The standard InChI is InChI=1S/C40H34N4O2/c1-39(2)23-45-37(43-39)33-18-15-27(21-41-33)35-29-12-8-9-13-30(29)36(28-16-19-34(42-22-28)38-44-40(3,4)24-46-38)32-20-26(14-17-31(32)35)25-10-6-5-7-11-25/h5-22H,23-24H2,1-4H3. The molecule has 6 heteroatoms. The Morgan fingerprint density at radius 1 is 0.478 bits per heavy atom. The summed E-state index contributed by atoms with van der Waals surface area (Å²) in [5.41, 5.74) is 7.69. The molecule has 6 aromatic rings. The zero-order valence-electron chi connectivity index (χ0n) is 26.4. The van der Waals surface area contributed by atoms with Gasteiger partial charge in [0.1, 0.15) is 24.6 Å². The van der Waals surface area contributed by atoms with Gasteiger partial charge in [0.05, 0.1) is 11.1 Å². The van der Waals surface area contributed by atoms with Crippen molar-refractivity contribution in [3.63, 3.8) is 0 Å². The lowest BCUT2D eigenvalue weighted by Gasteiger charge is -2.18. The molecule has 0 spiro atoms. The molecule has 4 aromatic carbocycles. The molecule has 0 saturated heterocycles. The van der Waals surface area contributed by atoms with Gasteiger partial charge in [-0.05, 0) is 89.7 Å². The summed E-state index contributed by atoms with van der Waals surface area (Å²) in [7, 11) is 0. The van der Waals surface area contributed by atoms with Crippen molar-refractivity contribution < 1.29 is 9.47 Å². The lowest BCUT2D eigenvalue weighted by molar-refractivity contribution is 0.279. The first-order valence-electron chi connectivity index (χ1n) is 15.7. The average Bonchev–Trinajstić information content (AvgIpc) is 3.64. The third kappa shape index (κ3) is 5.00. The van der Waals surface area contributed by atoms with E-state index in [0.29, 0.717) is 25.0 Å². The van der Waals surface area contributed by atoms with Gasteiger partial charge in [0.25, 0.3) is 0 Å². The largest absolute Gasteiger partial charge is 0.474 e. The number of pyridine rings is 2.